The molecule has 7 heteroatoms. The Hall–Kier alpha value is -1.92. The van der Waals surface area contributed by atoms with E-state index in [2.05, 4.69) is 9.97 Å². The molecule has 1 heterocycles. The Kier molecular flexibility index (Phi) is 2.36. The fourth-order valence-electron chi connectivity index (χ4n) is 1.23. The van der Waals surface area contributed by atoms with Gasteiger partial charge in [0, 0.05) is 0 Å². The molecule has 0 saturated heterocycles. The summed E-state index contributed by atoms with van der Waals surface area (Å²) in [5.74, 6) is -0.0490. The predicted octanol–water partition coefficient (Wildman–Crippen LogP) is 0.898. The van der Waals surface area contributed by atoms with Crippen molar-refractivity contribution < 1.29 is 9.66 Å². The summed E-state index contributed by atoms with van der Waals surface area (Å²) in [7, 11) is 0. The number of hydrogen-bond acceptors (Lipinski definition) is 6. The van der Waals surface area contributed by atoms with Crippen molar-refractivity contribution in [3.8, 4) is 5.88 Å². The van der Waals surface area contributed by atoms with Gasteiger partial charge in [-0.2, -0.15) is 4.98 Å². The van der Waals surface area contributed by atoms with Crippen molar-refractivity contribution in [3.63, 3.8) is 0 Å². The summed E-state index contributed by atoms with van der Waals surface area (Å²) >= 11 is 0. The van der Waals surface area contributed by atoms with Gasteiger partial charge in [0.1, 0.15) is 12.3 Å². The molecule has 2 rings (SSSR count). The maximum atomic E-state index is 10.6. The minimum absolute atomic E-state index is 0.0186. The van der Waals surface area contributed by atoms with E-state index in [-0.39, 0.29) is 23.6 Å². The van der Waals surface area contributed by atoms with Gasteiger partial charge in [-0.05, 0) is 19.3 Å². The lowest BCUT2D eigenvalue weighted by Crippen LogP contribution is -2.25. The minimum Gasteiger partial charge on any atom is -0.469 e. The number of ether oxygens (including phenoxy) is 1. The molecule has 1 aromatic heterocycles. The molecule has 1 aliphatic carbocycles. The first-order valence-corrected chi connectivity index (χ1v) is 4.60. The third kappa shape index (κ3) is 1.95. The molecule has 1 fully saturated rings. The molecule has 0 aromatic carbocycles. The molecule has 1 aromatic rings. The van der Waals surface area contributed by atoms with Crippen LogP contribution in [0.5, 0.6) is 5.88 Å². The average molecular weight is 210 g/mol. The molecule has 2 N–H and O–H groups in total. The SMILES string of the molecule is Nc1ncc([N+](=O)[O-])c(OC2CCC2)n1. The molecule has 0 unspecified atom stereocenters. The molecule has 80 valence electrons. The fraction of sp³-hybridized carbons (Fsp3) is 0.500. The highest BCUT2D eigenvalue weighted by atomic mass is 16.6. The largest absolute Gasteiger partial charge is 0.469 e. The smallest absolute Gasteiger partial charge is 0.349 e. The van der Waals surface area contributed by atoms with Crippen LogP contribution < -0.4 is 10.5 Å². The Bertz CT molecular complexity index is 391. The molecule has 0 aliphatic heterocycles. The van der Waals surface area contributed by atoms with E-state index in [0.717, 1.165) is 25.5 Å². The Morgan fingerprint density at radius 2 is 2.33 bits per heavy atom. The van der Waals surface area contributed by atoms with Crippen LogP contribution >= 0.6 is 0 Å². The van der Waals surface area contributed by atoms with Gasteiger partial charge in [-0.25, -0.2) is 4.98 Å². The van der Waals surface area contributed by atoms with Crippen LogP contribution in [0.2, 0.25) is 0 Å². The second kappa shape index (κ2) is 3.68. The first-order valence-electron chi connectivity index (χ1n) is 4.60. The number of hydrogen-bond donors (Lipinski definition) is 1. The van der Waals surface area contributed by atoms with Crippen molar-refractivity contribution in [2.45, 2.75) is 25.4 Å². The summed E-state index contributed by atoms with van der Waals surface area (Å²) in [4.78, 5) is 17.3. The van der Waals surface area contributed by atoms with Crippen LogP contribution in [0.4, 0.5) is 11.6 Å². The van der Waals surface area contributed by atoms with Crippen LogP contribution in [0.15, 0.2) is 6.20 Å². The highest BCUT2D eigenvalue weighted by molar-refractivity contribution is 5.41. The van der Waals surface area contributed by atoms with Gasteiger partial charge in [0.25, 0.3) is 5.88 Å². The number of nitrogen functional groups attached to an aromatic ring is 1. The molecule has 0 spiro atoms. The molecule has 1 saturated carbocycles. The zero-order valence-corrected chi connectivity index (χ0v) is 7.92. The molecule has 0 atom stereocenters. The molecule has 15 heavy (non-hydrogen) atoms. The standard InChI is InChI=1S/C8H10N4O3/c9-8-10-4-6(12(13)14)7(11-8)15-5-2-1-3-5/h4-5H,1-3H2,(H2,9,10,11). The Labute approximate surface area is 85.4 Å². The Morgan fingerprint density at radius 1 is 1.60 bits per heavy atom. The summed E-state index contributed by atoms with van der Waals surface area (Å²) in [5.41, 5.74) is 5.10. The number of nitrogens with two attached hydrogens (primary N) is 1. The second-order valence-corrected chi connectivity index (χ2v) is 3.35. The Morgan fingerprint density at radius 3 is 2.87 bits per heavy atom. The number of anilines is 1. The maximum Gasteiger partial charge on any atom is 0.349 e. The van der Waals surface area contributed by atoms with E-state index in [4.69, 9.17) is 10.5 Å². The fourth-order valence-corrected chi connectivity index (χ4v) is 1.23. The Balaban J connectivity index is 2.24. The highest BCUT2D eigenvalue weighted by Gasteiger charge is 2.25. The third-order valence-electron chi connectivity index (χ3n) is 2.28. The van der Waals surface area contributed by atoms with Gasteiger partial charge in [-0.3, -0.25) is 10.1 Å². The van der Waals surface area contributed by atoms with Crippen LogP contribution in [-0.2, 0) is 0 Å². The molecular weight excluding hydrogens is 200 g/mol. The molecular formula is C8H10N4O3. The molecule has 0 amide bonds. The van der Waals surface area contributed by atoms with Gasteiger partial charge in [0.15, 0.2) is 0 Å². The van der Waals surface area contributed by atoms with Gasteiger partial charge >= 0.3 is 5.69 Å². The van der Waals surface area contributed by atoms with Crippen LogP contribution in [-0.4, -0.2) is 21.0 Å². The first kappa shape index (κ1) is 9.63. The number of aromatic nitrogens is 2. The van der Waals surface area contributed by atoms with Crippen molar-refractivity contribution in [3.05, 3.63) is 16.3 Å². The van der Waals surface area contributed by atoms with E-state index in [1.54, 1.807) is 0 Å². The zero-order valence-electron chi connectivity index (χ0n) is 7.92. The highest BCUT2D eigenvalue weighted by Crippen LogP contribution is 2.29. The van der Waals surface area contributed by atoms with Crippen LogP contribution in [0.25, 0.3) is 0 Å². The van der Waals surface area contributed by atoms with Crippen molar-refractivity contribution in [2.75, 3.05) is 5.73 Å². The summed E-state index contributed by atoms with van der Waals surface area (Å²) in [6, 6.07) is 0. The van der Waals surface area contributed by atoms with E-state index < -0.39 is 4.92 Å². The van der Waals surface area contributed by atoms with E-state index in [0.29, 0.717) is 0 Å². The average Bonchev–Trinajstić information content (AvgIpc) is 2.11. The first-order chi connectivity index (χ1) is 7.16. The van der Waals surface area contributed by atoms with Gasteiger partial charge in [0.2, 0.25) is 5.95 Å². The lowest BCUT2D eigenvalue weighted by Gasteiger charge is -2.25. The summed E-state index contributed by atoms with van der Waals surface area (Å²) in [5, 5.41) is 10.6. The van der Waals surface area contributed by atoms with Crippen molar-refractivity contribution >= 4 is 11.6 Å². The van der Waals surface area contributed by atoms with Crippen LogP contribution in [0, 0.1) is 10.1 Å². The van der Waals surface area contributed by atoms with Crippen LogP contribution in [0.1, 0.15) is 19.3 Å². The predicted molar refractivity (Wildman–Crippen MR) is 51.4 cm³/mol. The van der Waals surface area contributed by atoms with Gasteiger partial charge in [-0.15, -0.1) is 0 Å². The molecule has 7 nitrogen and oxygen atoms in total. The summed E-state index contributed by atoms with van der Waals surface area (Å²) < 4.78 is 5.35. The summed E-state index contributed by atoms with van der Waals surface area (Å²) in [6.45, 7) is 0. The molecule has 0 bridgehead atoms. The lowest BCUT2D eigenvalue weighted by atomic mass is 9.96. The maximum absolute atomic E-state index is 10.6. The van der Waals surface area contributed by atoms with E-state index >= 15 is 0 Å². The zero-order chi connectivity index (χ0) is 10.8. The minimum atomic E-state index is -0.576. The summed E-state index contributed by atoms with van der Waals surface area (Å²) in [6.07, 6.45) is 3.98. The molecule has 0 radical (unpaired) electrons. The topological polar surface area (TPSA) is 104 Å². The quantitative estimate of drug-likeness (QED) is 0.587. The molecule has 1 aliphatic rings. The normalized spacial score (nSPS) is 15.7. The van der Waals surface area contributed by atoms with E-state index in [9.17, 15) is 10.1 Å². The van der Waals surface area contributed by atoms with Crippen LogP contribution in [0.3, 0.4) is 0 Å². The number of rotatable bonds is 3. The lowest BCUT2D eigenvalue weighted by molar-refractivity contribution is -0.386. The van der Waals surface area contributed by atoms with Gasteiger partial charge in [0.05, 0.1) is 4.92 Å². The van der Waals surface area contributed by atoms with Crippen molar-refractivity contribution in [1.29, 1.82) is 0 Å². The monoisotopic (exact) mass is 210 g/mol. The number of nitrogens with zero attached hydrogens (tertiary/aromatic N) is 3. The number of nitro groups is 1. The second-order valence-electron chi connectivity index (χ2n) is 3.35. The van der Waals surface area contributed by atoms with Gasteiger partial charge < -0.3 is 10.5 Å². The van der Waals surface area contributed by atoms with E-state index in [1.165, 1.54) is 0 Å². The van der Waals surface area contributed by atoms with Crippen molar-refractivity contribution in [2.24, 2.45) is 0 Å². The van der Waals surface area contributed by atoms with E-state index in [1.807, 2.05) is 0 Å². The van der Waals surface area contributed by atoms with Crippen molar-refractivity contribution in [1.82, 2.24) is 9.97 Å². The third-order valence-corrected chi connectivity index (χ3v) is 2.28. The van der Waals surface area contributed by atoms with Gasteiger partial charge in [-0.1, -0.05) is 0 Å².